The Hall–Kier alpha value is -0.0700. The van der Waals surface area contributed by atoms with Crippen LogP contribution in [0.25, 0.3) is 0 Å². The molecule has 0 aliphatic carbocycles. The molecule has 0 aromatic carbocycles. The summed E-state index contributed by atoms with van der Waals surface area (Å²) in [6, 6.07) is 0. The van der Waals surface area contributed by atoms with E-state index in [1.165, 1.54) is 0 Å². The molecule has 68 valence electrons. The van der Waals surface area contributed by atoms with Gasteiger partial charge in [-0.3, -0.25) is 4.39 Å². The summed E-state index contributed by atoms with van der Waals surface area (Å²) >= 11 is 0. The summed E-state index contributed by atoms with van der Waals surface area (Å²) in [6.45, 7) is 10.5. The van der Waals surface area contributed by atoms with E-state index in [0.717, 1.165) is 0 Å². The van der Waals surface area contributed by atoms with Gasteiger partial charge in [0.15, 0.2) is 0 Å². The van der Waals surface area contributed by atoms with Crippen molar-refractivity contribution in [1.82, 2.24) is 0 Å². The molecule has 0 aromatic heterocycles. The molecule has 1 atom stereocenters. The number of halogens is 1. The Morgan fingerprint density at radius 2 is 1.27 bits per heavy atom. The molecule has 0 heterocycles. The van der Waals surface area contributed by atoms with E-state index in [4.69, 9.17) is 0 Å². The standard InChI is InChI=1S/C10H21F/c1-7(2)10(8(3)4)9(5)6-11/h7-10H,6H2,1-5H3. The fourth-order valence-corrected chi connectivity index (χ4v) is 2.19. The predicted molar refractivity (Wildman–Crippen MR) is 48.3 cm³/mol. The van der Waals surface area contributed by atoms with Gasteiger partial charge in [-0.1, -0.05) is 34.6 Å². The molecule has 0 bridgehead atoms. The van der Waals surface area contributed by atoms with Crippen LogP contribution in [-0.2, 0) is 0 Å². The van der Waals surface area contributed by atoms with Crippen LogP contribution in [0.3, 0.4) is 0 Å². The van der Waals surface area contributed by atoms with Crippen molar-refractivity contribution in [3.05, 3.63) is 0 Å². The van der Waals surface area contributed by atoms with Crippen LogP contribution in [0.15, 0.2) is 0 Å². The Kier molecular flexibility index (Phi) is 4.71. The summed E-state index contributed by atoms with van der Waals surface area (Å²) < 4.78 is 12.4. The van der Waals surface area contributed by atoms with Gasteiger partial charge in [-0.2, -0.15) is 0 Å². The van der Waals surface area contributed by atoms with Crippen LogP contribution in [-0.4, -0.2) is 6.67 Å². The lowest BCUT2D eigenvalue weighted by atomic mass is 9.77. The van der Waals surface area contributed by atoms with E-state index < -0.39 is 0 Å². The lowest BCUT2D eigenvalue weighted by molar-refractivity contribution is 0.168. The van der Waals surface area contributed by atoms with E-state index >= 15 is 0 Å². The molecule has 0 saturated carbocycles. The number of hydrogen-bond acceptors (Lipinski definition) is 0. The second-order valence-electron chi connectivity index (χ2n) is 4.20. The summed E-state index contributed by atoms with van der Waals surface area (Å²) in [5.41, 5.74) is 0. The van der Waals surface area contributed by atoms with Crippen molar-refractivity contribution in [2.45, 2.75) is 34.6 Å². The minimum Gasteiger partial charge on any atom is -0.251 e. The molecule has 0 spiro atoms. The molecular weight excluding hydrogens is 139 g/mol. The van der Waals surface area contributed by atoms with Crippen molar-refractivity contribution >= 4 is 0 Å². The van der Waals surface area contributed by atoms with Gasteiger partial charge in [-0.05, 0) is 23.7 Å². The van der Waals surface area contributed by atoms with Crippen LogP contribution < -0.4 is 0 Å². The van der Waals surface area contributed by atoms with E-state index in [0.29, 0.717) is 17.8 Å². The van der Waals surface area contributed by atoms with Gasteiger partial charge >= 0.3 is 0 Å². The van der Waals surface area contributed by atoms with Crippen LogP contribution >= 0.6 is 0 Å². The zero-order valence-corrected chi connectivity index (χ0v) is 8.39. The minimum absolute atomic E-state index is 0.180. The van der Waals surface area contributed by atoms with E-state index in [-0.39, 0.29) is 12.6 Å². The minimum atomic E-state index is -0.180. The summed E-state index contributed by atoms with van der Waals surface area (Å²) in [6.07, 6.45) is 0. The molecule has 11 heavy (non-hydrogen) atoms. The maximum atomic E-state index is 12.4. The third-order valence-corrected chi connectivity index (χ3v) is 2.44. The maximum absolute atomic E-state index is 12.4. The van der Waals surface area contributed by atoms with Gasteiger partial charge in [-0.25, -0.2) is 0 Å². The van der Waals surface area contributed by atoms with E-state index in [9.17, 15) is 4.39 Å². The molecule has 0 radical (unpaired) electrons. The second kappa shape index (κ2) is 4.74. The molecular formula is C10H21F. The molecule has 0 saturated heterocycles. The smallest absolute Gasteiger partial charge is 0.0922 e. The van der Waals surface area contributed by atoms with Gasteiger partial charge < -0.3 is 0 Å². The van der Waals surface area contributed by atoms with Crippen molar-refractivity contribution in [2.75, 3.05) is 6.67 Å². The molecule has 1 heteroatoms. The molecule has 0 aliphatic rings. The third kappa shape index (κ3) is 3.22. The molecule has 0 aliphatic heterocycles. The largest absolute Gasteiger partial charge is 0.251 e. The van der Waals surface area contributed by atoms with Gasteiger partial charge in [0.05, 0.1) is 6.67 Å². The Labute approximate surface area is 70.2 Å². The van der Waals surface area contributed by atoms with E-state index in [2.05, 4.69) is 27.7 Å². The first kappa shape index (κ1) is 10.9. The molecule has 0 N–H and O–H groups in total. The maximum Gasteiger partial charge on any atom is 0.0922 e. The van der Waals surface area contributed by atoms with Crippen LogP contribution in [0.1, 0.15) is 34.6 Å². The van der Waals surface area contributed by atoms with Crippen molar-refractivity contribution in [3.8, 4) is 0 Å². The zero-order valence-electron chi connectivity index (χ0n) is 8.39. The van der Waals surface area contributed by atoms with Gasteiger partial charge in [0.1, 0.15) is 0 Å². The van der Waals surface area contributed by atoms with E-state index in [1.807, 2.05) is 6.92 Å². The van der Waals surface area contributed by atoms with Crippen LogP contribution in [0.4, 0.5) is 4.39 Å². The lowest BCUT2D eigenvalue weighted by Crippen LogP contribution is -2.24. The SMILES string of the molecule is CC(C)C(C(C)C)C(C)CF. The molecule has 0 fully saturated rings. The Morgan fingerprint density at radius 1 is 0.909 bits per heavy atom. The van der Waals surface area contributed by atoms with Crippen molar-refractivity contribution < 1.29 is 4.39 Å². The fourth-order valence-electron chi connectivity index (χ4n) is 2.19. The summed E-state index contributed by atoms with van der Waals surface area (Å²) in [4.78, 5) is 0. The Bertz CT molecular complexity index is 89.0. The van der Waals surface area contributed by atoms with Gasteiger partial charge in [0.2, 0.25) is 0 Å². The summed E-state index contributed by atoms with van der Waals surface area (Å²) in [5, 5.41) is 0. The van der Waals surface area contributed by atoms with E-state index in [1.54, 1.807) is 0 Å². The van der Waals surface area contributed by atoms with Gasteiger partial charge in [0.25, 0.3) is 0 Å². The first-order valence-electron chi connectivity index (χ1n) is 4.56. The zero-order chi connectivity index (χ0) is 9.02. The average Bonchev–Trinajstić information content (AvgIpc) is 1.85. The highest BCUT2D eigenvalue weighted by molar-refractivity contribution is 4.71. The summed E-state index contributed by atoms with van der Waals surface area (Å²) in [7, 11) is 0. The highest BCUT2D eigenvalue weighted by Gasteiger charge is 2.23. The Morgan fingerprint density at radius 3 is 1.36 bits per heavy atom. The molecule has 0 aromatic rings. The monoisotopic (exact) mass is 160 g/mol. The third-order valence-electron chi connectivity index (χ3n) is 2.44. The highest BCUT2D eigenvalue weighted by atomic mass is 19.1. The molecule has 0 nitrogen and oxygen atoms in total. The number of rotatable bonds is 4. The second-order valence-corrected chi connectivity index (χ2v) is 4.20. The Balaban J connectivity index is 4.09. The quantitative estimate of drug-likeness (QED) is 0.590. The number of hydrogen-bond donors (Lipinski definition) is 0. The molecule has 0 amide bonds. The first-order valence-corrected chi connectivity index (χ1v) is 4.56. The molecule has 1 unspecified atom stereocenters. The number of alkyl halides is 1. The van der Waals surface area contributed by atoms with Crippen molar-refractivity contribution in [1.29, 1.82) is 0 Å². The van der Waals surface area contributed by atoms with Crippen LogP contribution in [0.5, 0.6) is 0 Å². The van der Waals surface area contributed by atoms with Crippen LogP contribution in [0, 0.1) is 23.7 Å². The lowest BCUT2D eigenvalue weighted by Gasteiger charge is -2.29. The van der Waals surface area contributed by atoms with Gasteiger partial charge in [-0.15, -0.1) is 0 Å². The van der Waals surface area contributed by atoms with Crippen molar-refractivity contribution in [3.63, 3.8) is 0 Å². The van der Waals surface area contributed by atoms with Crippen molar-refractivity contribution in [2.24, 2.45) is 23.7 Å². The normalized spacial score (nSPS) is 15.0. The predicted octanol–water partition coefficient (Wildman–Crippen LogP) is 3.52. The van der Waals surface area contributed by atoms with Crippen LogP contribution in [0.2, 0.25) is 0 Å². The first-order chi connectivity index (χ1) is 5.00. The topological polar surface area (TPSA) is 0 Å². The fraction of sp³-hybridized carbons (Fsp3) is 1.00. The highest BCUT2D eigenvalue weighted by Crippen LogP contribution is 2.28. The summed E-state index contributed by atoms with van der Waals surface area (Å²) in [5.74, 6) is 1.94. The van der Waals surface area contributed by atoms with Gasteiger partial charge in [0, 0.05) is 0 Å². The average molecular weight is 160 g/mol. The molecule has 0 rings (SSSR count).